The lowest BCUT2D eigenvalue weighted by molar-refractivity contribution is 0.482. The van der Waals surface area contributed by atoms with E-state index in [1.807, 2.05) is 6.92 Å². The summed E-state index contributed by atoms with van der Waals surface area (Å²) in [5.74, 6) is 0. The van der Waals surface area contributed by atoms with Gasteiger partial charge in [-0.05, 0) is 23.6 Å². The zero-order chi connectivity index (χ0) is 11.5. The van der Waals surface area contributed by atoms with Gasteiger partial charge in [0.2, 0.25) is 0 Å². The Morgan fingerprint density at radius 1 is 1.47 bits per heavy atom. The number of rotatable bonds is 4. The first-order valence-corrected chi connectivity index (χ1v) is 6.16. The second-order valence-electron chi connectivity index (χ2n) is 3.25. The molecule has 1 N–H and O–H groups in total. The van der Waals surface area contributed by atoms with Crippen molar-refractivity contribution in [1.29, 1.82) is 0 Å². The SMILES string of the molecule is C=Cc1cccc(S(=O)(=O)O)c1CCC. The van der Waals surface area contributed by atoms with Gasteiger partial charge in [0.05, 0.1) is 4.90 Å². The summed E-state index contributed by atoms with van der Waals surface area (Å²) in [6.45, 7) is 5.57. The Hall–Kier alpha value is -1.13. The zero-order valence-electron chi connectivity index (χ0n) is 8.60. The molecule has 4 heteroatoms. The molecule has 0 fully saturated rings. The summed E-state index contributed by atoms with van der Waals surface area (Å²) < 4.78 is 31.3. The maximum atomic E-state index is 11.1. The maximum absolute atomic E-state index is 11.1. The average Bonchev–Trinajstić information content (AvgIpc) is 2.17. The van der Waals surface area contributed by atoms with E-state index in [-0.39, 0.29) is 4.90 Å². The van der Waals surface area contributed by atoms with Crippen LogP contribution >= 0.6 is 0 Å². The van der Waals surface area contributed by atoms with Crippen molar-refractivity contribution < 1.29 is 13.0 Å². The van der Waals surface area contributed by atoms with E-state index in [9.17, 15) is 8.42 Å². The molecule has 0 aliphatic heterocycles. The van der Waals surface area contributed by atoms with Gasteiger partial charge in [-0.1, -0.05) is 38.1 Å². The first-order chi connectivity index (χ1) is 7.00. The van der Waals surface area contributed by atoms with E-state index in [4.69, 9.17) is 4.55 Å². The third kappa shape index (κ3) is 2.67. The molecule has 0 spiro atoms. The van der Waals surface area contributed by atoms with E-state index in [0.29, 0.717) is 12.0 Å². The maximum Gasteiger partial charge on any atom is 0.294 e. The van der Waals surface area contributed by atoms with Gasteiger partial charge < -0.3 is 0 Å². The minimum Gasteiger partial charge on any atom is -0.282 e. The monoisotopic (exact) mass is 226 g/mol. The predicted molar refractivity (Wildman–Crippen MR) is 60.3 cm³/mol. The van der Waals surface area contributed by atoms with Gasteiger partial charge in [0, 0.05) is 0 Å². The Morgan fingerprint density at radius 3 is 2.60 bits per heavy atom. The van der Waals surface area contributed by atoms with Crippen LogP contribution in [0.1, 0.15) is 24.5 Å². The van der Waals surface area contributed by atoms with Crippen LogP contribution in [0.15, 0.2) is 29.7 Å². The number of hydrogen-bond acceptors (Lipinski definition) is 2. The summed E-state index contributed by atoms with van der Waals surface area (Å²) in [5, 5.41) is 0. The molecular weight excluding hydrogens is 212 g/mol. The molecule has 0 aliphatic rings. The van der Waals surface area contributed by atoms with Crippen molar-refractivity contribution in [3.05, 3.63) is 35.9 Å². The van der Waals surface area contributed by atoms with Crippen molar-refractivity contribution in [2.45, 2.75) is 24.7 Å². The molecule has 0 radical (unpaired) electrons. The van der Waals surface area contributed by atoms with Crippen LogP contribution in [0.5, 0.6) is 0 Å². The van der Waals surface area contributed by atoms with Gasteiger partial charge in [-0.2, -0.15) is 8.42 Å². The van der Waals surface area contributed by atoms with Gasteiger partial charge in [-0.15, -0.1) is 0 Å². The van der Waals surface area contributed by atoms with Gasteiger partial charge >= 0.3 is 0 Å². The summed E-state index contributed by atoms with van der Waals surface area (Å²) in [6.07, 6.45) is 3.02. The van der Waals surface area contributed by atoms with E-state index in [1.165, 1.54) is 6.07 Å². The Labute approximate surface area is 90.2 Å². The molecule has 0 unspecified atom stereocenters. The van der Waals surface area contributed by atoms with Crippen molar-refractivity contribution in [1.82, 2.24) is 0 Å². The lowest BCUT2D eigenvalue weighted by Gasteiger charge is -2.09. The van der Waals surface area contributed by atoms with E-state index in [2.05, 4.69) is 6.58 Å². The standard InChI is InChI=1S/C11H14O3S/c1-3-6-10-9(4-2)7-5-8-11(10)15(12,13)14/h4-5,7-8H,2-3,6H2,1H3,(H,12,13,14). The molecule has 0 aromatic heterocycles. The Balaban J connectivity index is 3.45. The highest BCUT2D eigenvalue weighted by Gasteiger charge is 2.16. The lowest BCUT2D eigenvalue weighted by Crippen LogP contribution is -2.04. The Bertz CT molecular complexity index is 461. The van der Waals surface area contributed by atoms with Crippen LogP contribution in [0.4, 0.5) is 0 Å². The molecule has 0 saturated heterocycles. The molecule has 1 aromatic rings. The largest absolute Gasteiger partial charge is 0.294 e. The van der Waals surface area contributed by atoms with E-state index in [1.54, 1.807) is 18.2 Å². The number of hydrogen-bond donors (Lipinski definition) is 1. The highest BCUT2D eigenvalue weighted by molar-refractivity contribution is 7.85. The van der Waals surface area contributed by atoms with Crippen molar-refractivity contribution in [3.8, 4) is 0 Å². The lowest BCUT2D eigenvalue weighted by atomic mass is 10.0. The summed E-state index contributed by atoms with van der Waals surface area (Å²) >= 11 is 0. The smallest absolute Gasteiger partial charge is 0.282 e. The average molecular weight is 226 g/mol. The highest BCUT2D eigenvalue weighted by atomic mass is 32.2. The first-order valence-electron chi connectivity index (χ1n) is 4.72. The van der Waals surface area contributed by atoms with Crippen LogP contribution in [0.25, 0.3) is 6.08 Å². The zero-order valence-corrected chi connectivity index (χ0v) is 9.42. The minimum absolute atomic E-state index is 0.0123. The van der Waals surface area contributed by atoms with Crippen molar-refractivity contribution >= 4 is 16.2 Å². The topological polar surface area (TPSA) is 54.4 Å². The molecule has 0 heterocycles. The molecule has 0 saturated carbocycles. The van der Waals surface area contributed by atoms with Gasteiger partial charge in [-0.3, -0.25) is 4.55 Å². The Morgan fingerprint density at radius 2 is 2.13 bits per heavy atom. The molecule has 0 aliphatic carbocycles. The van der Waals surface area contributed by atoms with E-state index < -0.39 is 10.1 Å². The van der Waals surface area contributed by atoms with Crippen LogP contribution in [0.3, 0.4) is 0 Å². The molecule has 0 atom stereocenters. The second kappa shape index (κ2) is 4.59. The fourth-order valence-electron chi connectivity index (χ4n) is 1.53. The van der Waals surface area contributed by atoms with Gasteiger partial charge in [0.1, 0.15) is 0 Å². The molecule has 82 valence electrons. The molecule has 0 amide bonds. The molecule has 1 aromatic carbocycles. The second-order valence-corrected chi connectivity index (χ2v) is 4.64. The van der Waals surface area contributed by atoms with Crippen molar-refractivity contribution in [2.24, 2.45) is 0 Å². The minimum atomic E-state index is -4.14. The third-order valence-corrected chi connectivity index (χ3v) is 3.11. The van der Waals surface area contributed by atoms with Gasteiger partial charge in [0.25, 0.3) is 10.1 Å². The van der Waals surface area contributed by atoms with E-state index in [0.717, 1.165) is 12.0 Å². The van der Waals surface area contributed by atoms with Gasteiger partial charge in [-0.25, -0.2) is 0 Å². The highest BCUT2D eigenvalue weighted by Crippen LogP contribution is 2.22. The molecule has 15 heavy (non-hydrogen) atoms. The van der Waals surface area contributed by atoms with Crippen LogP contribution < -0.4 is 0 Å². The Kier molecular flexibility index (Phi) is 3.66. The third-order valence-electron chi connectivity index (χ3n) is 2.17. The van der Waals surface area contributed by atoms with Crippen LogP contribution in [0.2, 0.25) is 0 Å². The van der Waals surface area contributed by atoms with E-state index >= 15 is 0 Å². The first kappa shape index (κ1) is 11.9. The molecule has 0 bridgehead atoms. The molecular formula is C11H14O3S. The van der Waals surface area contributed by atoms with Crippen molar-refractivity contribution in [2.75, 3.05) is 0 Å². The summed E-state index contributed by atoms with van der Waals surface area (Å²) in [6, 6.07) is 4.79. The predicted octanol–water partition coefficient (Wildman–Crippen LogP) is 2.53. The fourth-order valence-corrected chi connectivity index (χ4v) is 2.31. The fraction of sp³-hybridized carbons (Fsp3) is 0.273. The quantitative estimate of drug-likeness (QED) is 0.803. The summed E-state index contributed by atoms with van der Waals surface area (Å²) in [7, 11) is -4.14. The summed E-state index contributed by atoms with van der Waals surface area (Å²) in [5.41, 5.74) is 1.39. The molecule has 1 rings (SSSR count). The normalized spacial score (nSPS) is 11.3. The number of benzene rings is 1. The summed E-state index contributed by atoms with van der Waals surface area (Å²) in [4.78, 5) is -0.0123. The van der Waals surface area contributed by atoms with Crippen LogP contribution in [-0.4, -0.2) is 13.0 Å². The van der Waals surface area contributed by atoms with Crippen LogP contribution in [-0.2, 0) is 16.5 Å². The van der Waals surface area contributed by atoms with Gasteiger partial charge in [0.15, 0.2) is 0 Å². The molecule has 3 nitrogen and oxygen atoms in total. The van der Waals surface area contributed by atoms with Crippen molar-refractivity contribution in [3.63, 3.8) is 0 Å². The van der Waals surface area contributed by atoms with Crippen LogP contribution in [0, 0.1) is 0 Å².